The number of methoxy groups -OCH3 is 1. The largest absolute Gasteiger partial charge is 0.422 e. The van der Waals surface area contributed by atoms with Crippen LogP contribution in [-0.2, 0) is 19.1 Å². The van der Waals surface area contributed by atoms with E-state index in [1.807, 2.05) is 0 Å². The Morgan fingerprint density at radius 1 is 1.30 bits per heavy atom. The predicted molar refractivity (Wildman–Crippen MR) is 68.1 cm³/mol. The van der Waals surface area contributed by atoms with Crippen LogP contribution in [0.3, 0.4) is 0 Å². The van der Waals surface area contributed by atoms with Crippen LogP contribution in [-0.4, -0.2) is 62.2 Å². The minimum absolute atomic E-state index is 0.0535. The Bertz CT molecular complexity index is 280. The first-order valence-corrected chi connectivity index (χ1v) is 5.39. The number of hydrogen-bond donors (Lipinski definition) is 4. The molecule has 0 saturated carbocycles. The topological polar surface area (TPSA) is 147 Å². The maximum Gasteiger partial charge on any atom is 0.410 e. The molecule has 0 aromatic carbocycles. The van der Waals surface area contributed by atoms with Crippen molar-refractivity contribution in [3.63, 3.8) is 0 Å². The summed E-state index contributed by atoms with van der Waals surface area (Å²) < 4.78 is 8.92. The molecule has 0 aromatic rings. The van der Waals surface area contributed by atoms with Gasteiger partial charge in [-0.25, -0.2) is 14.6 Å². The van der Waals surface area contributed by atoms with E-state index in [9.17, 15) is 9.59 Å². The lowest BCUT2D eigenvalue weighted by molar-refractivity contribution is -0.119. The number of alkyl carbamates (subject to hydrolysis) is 1. The summed E-state index contributed by atoms with van der Waals surface area (Å²) in [6.45, 7) is 2.88. The van der Waals surface area contributed by atoms with Gasteiger partial charge in [-0.3, -0.25) is 4.79 Å². The van der Waals surface area contributed by atoms with Gasteiger partial charge in [-0.05, 0) is 6.92 Å². The summed E-state index contributed by atoms with van der Waals surface area (Å²) in [5.74, 6) is -0.220. The molecule has 0 saturated heterocycles. The average Bonchev–Trinajstić information content (AvgIpc) is 2.38. The van der Waals surface area contributed by atoms with Gasteiger partial charge in [-0.1, -0.05) is 0 Å². The van der Waals surface area contributed by atoms with Crippen molar-refractivity contribution in [1.29, 1.82) is 0 Å². The van der Waals surface area contributed by atoms with Crippen molar-refractivity contribution in [3.8, 4) is 0 Å². The Kier molecular flexibility index (Phi) is 25.7. The number of aliphatic hydroxyl groups excluding tert-OH is 1. The van der Waals surface area contributed by atoms with Gasteiger partial charge < -0.3 is 30.3 Å². The number of nitrogens with one attached hydrogen (secondary N) is 2. The van der Waals surface area contributed by atoms with E-state index in [1.54, 1.807) is 6.92 Å². The first kappa shape index (κ1) is 23.1. The van der Waals surface area contributed by atoms with Crippen LogP contribution in [0.15, 0.2) is 4.99 Å². The zero-order chi connectivity index (χ0) is 16.2. The quantitative estimate of drug-likeness (QED) is 0.279. The second-order valence-corrected chi connectivity index (χ2v) is 2.63. The summed E-state index contributed by atoms with van der Waals surface area (Å²) >= 11 is 0. The monoisotopic (exact) mass is 295 g/mol. The summed E-state index contributed by atoms with van der Waals surface area (Å²) in [6.07, 6.45) is 0.759. The molecule has 0 spiro atoms. The summed E-state index contributed by atoms with van der Waals surface area (Å²) in [4.78, 5) is 33.2. The number of carbonyl (C=O) groups is 2. The summed E-state index contributed by atoms with van der Waals surface area (Å²) in [5.41, 5.74) is 0. The van der Waals surface area contributed by atoms with Crippen LogP contribution in [0.1, 0.15) is 13.8 Å². The standard InChI is InChI=1S/C6H12N2O4.C3H5NO.CH4O2/c1-5(9)7-3-8-6(10)12-4-11-2;1-2-4-3-5;2-1-3/h3-4H2,1-2H3,(H,7,9)(H,8,10);2H2,1H3;2-3H,1H2. The molecule has 10 heteroatoms. The molecule has 0 fully saturated rings. The van der Waals surface area contributed by atoms with E-state index in [0.29, 0.717) is 6.54 Å². The highest BCUT2D eigenvalue weighted by Crippen LogP contribution is 1.75. The molecule has 10 nitrogen and oxygen atoms in total. The van der Waals surface area contributed by atoms with Crippen molar-refractivity contribution in [1.82, 2.24) is 10.6 Å². The second kappa shape index (κ2) is 22.2. The van der Waals surface area contributed by atoms with Crippen LogP contribution in [0.5, 0.6) is 0 Å². The SMILES string of the molecule is CCN=C=O.COCOC(=O)NCNC(C)=O.OCO. The Morgan fingerprint density at radius 2 is 1.85 bits per heavy atom. The Balaban J connectivity index is -0.000000299. The number of amides is 2. The third-order valence-corrected chi connectivity index (χ3v) is 1.10. The second-order valence-electron chi connectivity index (χ2n) is 2.63. The molecule has 0 bridgehead atoms. The zero-order valence-corrected chi connectivity index (χ0v) is 11.7. The average molecular weight is 295 g/mol. The van der Waals surface area contributed by atoms with Crippen LogP contribution in [0.2, 0.25) is 0 Å². The number of nitrogens with zero attached hydrogens (tertiary/aromatic N) is 1. The zero-order valence-electron chi connectivity index (χ0n) is 11.7. The van der Waals surface area contributed by atoms with Crippen molar-refractivity contribution in [3.05, 3.63) is 0 Å². The van der Waals surface area contributed by atoms with Gasteiger partial charge in [0.15, 0.2) is 6.79 Å². The number of hydrogen-bond acceptors (Lipinski definition) is 8. The van der Waals surface area contributed by atoms with Gasteiger partial charge in [-0.15, -0.1) is 0 Å². The van der Waals surface area contributed by atoms with Crippen LogP contribution in [0.4, 0.5) is 4.79 Å². The van der Waals surface area contributed by atoms with Crippen LogP contribution in [0, 0.1) is 0 Å². The highest BCUT2D eigenvalue weighted by Gasteiger charge is 1.98. The number of rotatable bonds is 5. The molecule has 0 aliphatic heterocycles. The molecule has 0 aliphatic rings. The fraction of sp³-hybridized carbons (Fsp3) is 0.700. The first-order chi connectivity index (χ1) is 9.49. The van der Waals surface area contributed by atoms with Gasteiger partial charge in [0.1, 0.15) is 6.79 Å². The van der Waals surface area contributed by atoms with E-state index in [1.165, 1.54) is 20.1 Å². The normalized spacial score (nSPS) is 7.65. The van der Waals surface area contributed by atoms with Gasteiger partial charge >= 0.3 is 6.09 Å². The van der Waals surface area contributed by atoms with Gasteiger partial charge in [0.2, 0.25) is 12.0 Å². The highest BCUT2D eigenvalue weighted by molar-refractivity contribution is 5.73. The van der Waals surface area contributed by atoms with Gasteiger partial charge in [0.25, 0.3) is 0 Å². The third kappa shape index (κ3) is 36.0. The fourth-order valence-electron chi connectivity index (χ4n) is 0.469. The molecule has 0 rings (SSSR count). The number of aliphatic imine (C=N–C) groups is 1. The van der Waals surface area contributed by atoms with E-state index in [-0.39, 0.29) is 19.4 Å². The molecule has 2 amide bonds. The number of ether oxygens (including phenoxy) is 2. The van der Waals surface area contributed by atoms with E-state index in [0.717, 1.165) is 0 Å². The minimum atomic E-state index is -0.750. The fourth-order valence-corrected chi connectivity index (χ4v) is 0.469. The van der Waals surface area contributed by atoms with E-state index in [4.69, 9.17) is 15.0 Å². The molecule has 0 heterocycles. The summed E-state index contributed by atoms with van der Waals surface area (Å²) in [6, 6.07) is 0. The number of isocyanates is 1. The maximum atomic E-state index is 10.6. The smallest absolute Gasteiger partial charge is 0.410 e. The molecule has 0 atom stereocenters. The van der Waals surface area contributed by atoms with Gasteiger partial charge in [0, 0.05) is 20.6 Å². The molecule has 0 unspecified atom stereocenters. The molecule has 0 aromatic heterocycles. The Hall–Kier alpha value is -2.00. The van der Waals surface area contributed by atoms with Crippen LogP contribution < -0.4 is 10.6 Å². The lowest BCUT2D eigenvalue weighted by Crippen LogP contribution is -2.36. The summed E-state index contributed by atoms with van der Waals surface area (Å²) in [5, 5.41) is 18.9. The molecular weight excluding hydrogens is 274 g/mol. The van der Waals surface area contributed by atoms with Crippen LogP contribution in [0.25, 0.3) is 0 Å². The number of aliphatic hydroxyl groups is 2. The highest BCUT2D eigenvalue weighted by atomic mass is 16.7. The van der Waals surface area contributed by atoms with E-state index in [2.05, 4.69) is 25.1 Å². The lowest BCUT2D eigenvalue weighted by Gasteiger charge is -2.05. The van der Waals surface area contributed by atoms with Crippen LogP contribution >= 0.6 is 0 Å². The molecule has 4 N–H and O–H groups in total. The first-order valence-electron chi connectivity index (χ1n) is 5.39. The molecule has 20 heavy (non-hydrogen) atoms. The van der Waals surface area contributed by atoms with Gasteiger partial charge in [-0.2, -0.15) is 0 Å². The van der Waals surface area contributed by atoms with Crippen molar-refractivity contribution < 1.29 is 34.1 Å². The molecule has 0 aliphatic carbocycles. The van der Waals surface area contributed by atoms with Crippen molar-refractivity contribution in [2.45, 2.75) is 13.8 Å². The third-order valence-electron chi connectivity index (χ3n) is 1.10. The maximum absolute atomic E-state index is 10.6. The van der Waals surface area contributed by atoms with Crippen molar-refractivity contribution in [2.24, 2.45) is 4.99 Å². The molecule has 0 radical (unpaired) electrons. The number of carbonyl (C=O) groups excluding carboxylic acids is 3. The molecular formula is C10H21N3O7. The van der Waals surface area contributed by atoms with Crippen molar-refractivity contribution in [2.75, 3.05) is 33.9 Å². The minimum Gasteiger partial charge on any atom is -0.422 e. The van der Waals surface area contributed by atoms with Gasteiger partial charge in [0.05, 0.1) is 6.67 Å². The van der Waals surface area contributed by atoms with E-state index < -0.39 is 12.9 Å². The lowest BCUT2D eigenvalue weighted by atomic mass is 10.7. The summed E-state index contributed by atoms with van der Waals surface area (Å²) in [7, 11) is 1.40. The van der Waals surface area contributed by atoms with E-state index >= 15 is 0 Å². The molecule has 118 valence electrons. The van der Waals surface area contributed by atoms with Crippen molar-refractivity contribution >= 4 is 18.1 Å². The predicted octanol–water partition coefficient (Wildman–Crippen LogP) is -1.32. The Morgan fingerprint density at radius 3 is 2.15 bits per heavy atom. The Labute approximate surface area is 116 Å².